The second kappa shape index (κ2) is 8.01. The van der Waals surface area contributed by atoms with E-state index in [1.165, 1.54) is 29.4 Å². The zero-order valence-electron chi connectivity index (χ0n) is 19.2. The van der Waals surface area contributed by atoms with Crippen LogP contribution in [0, 0.1) is 27.4 Å². The van der Waals surface area contributed by atoms with Crippen molar-refractivity contribution in [2.75, 3.05) is 26.2 Å². The van der Waals surface area contributed by atoms with E-state index in [4.69, 9.17) is 0 Å². The molecule has 0 radical (unpaired) electrons. The van der Waals surface area contributed by atoms with Crippen molar-refractivity contribution < 1.29 is 22.9 Å². The molecule has 1 aliphatic heterocycles. The summed E-state index contributed by atoms with van der Waals surface area (Å²) in [5, 5.41) is 14.2. The Kier molecular flexibility index (Phi) is 5.47. The zero-order valence-corrected chi connectivity index (χ0v) is 20.1. The molecule has 4 aliphatic carbocycles. The molecule has 0 aromatic heterocycles. The van der Waals surface area contributed by atoms with Crippen LogP contribution in [-0.2, 0) is 19.6 Å². The van der Waals surface area contributed by atoms with Crippen LogP contribution in [0.2, 0.25) is 0 Å². The Bertz CT molecular complexity index is 1130. The van der Waals surface area contributed by atoms with Crippen molar-refractivity contribution in [2.45, 2.75) is 55.9 Å². The van der Waals surface area contributed by atoms with E-state index >= 15 is 0 Å². The van der Waals surface area contributed by atoms with Gasteiger partial charge in [0, 0.05) is 50.8 Å². The summed E-state index contributed by atoms with van der Waals surface area (Å²) in [4.78, 5) is 37.8. The van der Waals surface area contributed by atoms with Crippen molar-refractivity contribution in [1.29, 1.82) is 0 Å². The zero-order chi connectivity index (χ0) is 24.3. The summed E-state index contributed by atoms with van der Waals surface area (Å²) in [6, 6.07) is 5.05. The minimum atomic E-state index is -3.89. The van der Waals surface area contributed by atoms with Crippen LogP contribution in [0.5, 0.6) is 0 Å². The van der Waals surface area contributed by atoms with Gasteiger partial charge < -0.3 is 10.2 Å². The third kappa shape index (κ3) is 3.88. The van der Waals surface area contributed by atoms with Crippen LogP contribution in [0.15, 0.2) is 29.2 Å². The van der Waals surface area contributed by atoms with E-state index in [1.807, 2.05) is 0 Å². The molecule has 1 N–H and O–H groups in total. The highest BCUT2D eigenvalue weighted by Crippen LogP contribution is 2.62. The maximum atomic E-state index is 13.8. The molecule has 1 saturated heterocycles. The van der Waals surface area contributed by atoms with E-state index in [-0.39, 0.29) is 54.1 Å². The van der Waals surface area contributed by atoms with Crippen LogP contribution in [0.3, 0.4) is 0 Å². The van der Waals surface area contributed by atoms with Crippen molar-refractivity contribution in [1.82, 2.24) is 14.5 Å². The van der Waals surface area contributed by atoms with Crippen LogP contribution in [0.4, 0.5) is 5.69 Å². The van der Waals surface area contributed by atoms with Crippen LogP contribution in [-0.4, -0.2) is 66.1 Å². The van der Waals surface area contributed by atoms with E-state index in [0.29, 0.717) is 18.3 Å². The Balaban J connectivity index is 1.30. The Morgan fingerprint density at radius 2 is 1.74 bits per heavy atom. The van der Waals surface area contributed by atoms with Crippen molar-refractivity contribution in [3.8, 4) is 0 Å². The highest BCUT2D eigenvalue weighted by atomic mass is 32.2. The highest BCUT2D eigenvalue weighted by molar-refractivity contribution is 7.89. The Morgan fingerprint density at radius 1 is 1.09 bits per heavy atom. The summed E-state index contributed by atoms with van der Waals surface area (Å²) in [6.45, 7) is 2.41. The third-order valence-corrected chi connectivity index (χ3v) is 10.0. The summed E-state index contributed by atoms with van der Waals surface area (Å²) in [5.41, 5.74) is -1.04. The van der Waals surface area contributed by atoms with Crippen LogP contribution in [0.1, 0.15) is 45.4 Å². The SMILES string of the molecule is CC(=O)NC12C[C@H]3C[C@H](C1)CC(C(=O)N1CCN(S(=O)(=O)c4cccc([N+](=O)[O-])c4)CC1)(C3)C2. The predicted octanol–water partition coefficient (Wildman–Crippen LogP) is 1.90. The van der Waals surface area contributed by atoms with Gasteiger partial charge in [-0.2, -0.15) is 4.31 Å². The Hall–Kier alpha value is -2.53. The number of nitrogens with zero attached hydrogens (tertiary/aromatic N) is 3. The molecule has 0 unspecified atom stereocenters. The average molecular weight is 491 g/mol. The molecular weight excluding hydrogens is 460 g/mol. The van der Waals surface area contributed by atoms with Crippen molar-refractivity contribution in [2.24, 2.45) is 17.3 Å². The smallest absolute Gasteiger partial charge is 0.270 e. The van der Waals surface area contributed by atoms with Gasteiger partial charge in [0.25, 0.3) is 5.69 Å². The van der Waals surface area contributed by atoms with Crippen LogP contribution >= 0.6 is 0 Å². The standard InChI is InChI=1S/C23H30N4O6S/c1-16(28)24-23-13-17-9-18(14-23)12-22(11-17,15-23)21(29)25-5-7-26(8-6-25)34(32,33)20-4-2-3-19(10-20)27(30)31/h2-4,10,17-18H,5-9,11-15H2,1H3,(H,24,28)/t17-,18-,22?,23?/m0/s1. The molecule has 184 valence electrons. The van der Waals surface area contributed by atoms with E-state index < -0.39 is 20.4 Å². The van der Waals surface area contributed by atoms with Gasteiger partial charge in [0.15, 0.2) is 0 Å². The lowest BCUT2D eigenvalue weighted by molar-refractivity contribution is -0.385. The fourth-order valence-corrected chi connectivity index (χ4v) is 8.87. The minimum absolute atomic E-state index is 0.0514. The summed E-state index contributed by atoms with van der Waals surface area (Å²) < 4.78 is 27.4. The van der Waals surface area contributed by atoms with Gasteiger partial charge in [0.2, 0.25) is 21.8 Å². The number of sulfonamides is 1. The molecule has 1 heterocycles. The molecule has 4 saturated carbocycles. The molecular formula is C23H30N4O6S. The highest BCUT2D eigenvalue weighted by Gasteiger charge is 2.61. The molecule has 34 heavy (non-hydrogen) atoms. The maximum Gasteiger partial charge on any atom is 0.270 e. The van der Waals surface area contributed by atoms with Gasteiger partial charge in [-0.1, -0.05) is 6.07 Å². The summed E-state index contributed by atoms with van der Waals surface area (Å²) in [6.07, 6.45) is 5.34. The van der Waals surface area contributed by atoms with Gasteiger partial charge in [-0.25, -0.2) is 8.42 Å². The van der Waals surface area contributed by atoms with Gasteiger partial charge in [-0.3, -0.25) is 19.7 Å². The predicted molar refractivity (Wildman–Crippen MR) is 122 cm³/mol. The monoisotopic (exact) mass is 490 g/mol. The lowest BCUT2D eigenvalue weighted by atomic mass is 9.46. The largest absolute Gasteiger partial charge is 0.351 e. The van der Waals surface area contributed by atoms with Crippen molar-refractivity contribution in [3.63, 3.8) is 0 Å². The van der Waals surface area contributed by atoms with Gasteiger partial charge in [-0.05, 0) is 56.4 Å². The topological polar surface area (TPSA) is 130 Å². The van der Waals surface area contributed by atoms with E-state index in [0.717, 1.165) is 38.2 Å². The normalized spacial score (nSPS) is 33.0. The molecule has 5 fully saturated rings. The first-order valence-electron chi connectivity index (χ1n) is 11.8. The summed E-state index contributed by atoms with van der Waals surface area (Å²) in [7, 11) is -3.89. The number of hydrogen-bond acceptors (Lipinski definition) is 6. The van der Waals surface area contributed by atoms with Crippen molar-refractivity contribution in [3.05, 3.63) is 34.4 Å². The molecule has 6 rings (SSSR count). The lowest BCUT2D eigenvalue weighted by Crippen LogP contribution is -2.66. The van der Waals surface area contributed by atoms with Gasteiger partial charge >= 0.3 is 0 Å². The van der Waals surface area contributed by atoms with Crippen molar-refractivity contribution >= 4 is 27.5 Å². The first kappa shape index (κ1) is 23.2. The number of nitro groups is 1. The molecule has 10 nitrogen and oxygen atoms in total. The number of carbonyl (C=O) groups excluding carboxylic acids is 2. The summed E-state index contributed by atoms with van der Waals surface area (Å²) >= 11 is 0. The number of nitro benzene ring substituents is 1. The van der Waals surface area contributed by atoms with Crippen LogP contribution in [0.25, 0.3) is 0 Å². The number of rotatable bonds is 5. The minimum Gasteiger partial charge on any atom is -0.351 e. The first-order chi connectivity index (χ1) is 16.0. The number of piperazine rings is 1. The third-order valence-electron chi connectivity index (χ3n) is 8.15. The van der Waals surface area contributed by atoms with E-state index in [1.54, 1.807) is 4.90 Å². The van der Waals surface area contributed by atoms with E-state index in [9.17, 15) is 28.1 Å². The second-order valence-electron chi connectivity index (χ2n) is 10.7. The fourth-order valence-electron chi connectivity index (χ4n) is 7.41. The number of hydrogen-bond donors (Lipinski definition) is 1. The summed E-state index contributed by atoms with van der Waals surface area (Å²) in [5.74, 6) is 0.911. The van der Waals surface area contributed by atoms with Gasteiger partial charge in [-0.15, -0.1) is 0 Å². The molecule has 1 aromatic rings. The molecule has 0 spiro atoms. The van der Waals surface area contributed by atoms with Crippen LogP contribution < -0.4 is 5.32 Å². The molecule has 4 bridgehead atoms. The molecule has 1 aromatic carbocycles. The number of amides is 2. The molecule has 2 atom stereocenters. The average Bonchev–Trinajstić information content (AvgIpc) is 2.77. The lowest BCUT2D eigenvalue weighted by Gasteiger charge is -2.62. The van der Waals surface area contributed by atoms with Gasteiger partial charge in [0.05, 0.1) is 15.2 Å². The molecule has 11 heteroatoms. The first-order valence-corrected chi connectivity index (χ1v) is 13.3. The second-order valence-corrected chi connectivity index (χ2v) is 12.6. The Labute approximate surface area is 198 Å². The van der Waals surface area contributed by atoms with Gasteiger partial charge in [0.1, 0.15) is 0 Å². The Morgan fingerprint density at radius 3 is 2.32 bits per heavy atom. The number of carbonyl (C=O) groups is 2. The molecule has 2 amide bonds. The number of benzene rings is 1. The molecule has 5 aliphatic rings. The van der Waals surface area contributed by atoms with E-state index in [2.05, 4.69) is 5.32 Å². The quantitative estimate of drug-likeness (QED) is 0.496. The number of nitrogens with one attached hydrogen (secondary N) is 1. The fraction of sp³-hybridized carbons (Fsp3) is 0.652. The number of non-ortho nitro benzene ring substituents is 1. The maximum absolute atomic E-state index is 13.8.